The van der Waals surface area contributed by atoms with Gasteiger partial charge in [-0.15, -0.1) is 0 Å². The molecule has 1 aliphatic rings. The Morgan fingerprint density at radius 3 is 2.62 bits per heavy atom. The first-order chi connectivity index (χ1) is 6.36. The maximum atomic E-state index is 5.46. The smallest absolute Gasteiger partial charge is 0.276 e. The number of rotatable bonds is 2. The number of thiocarbonyl (C=S) groups is 1. The lowest BCUT2D eigenvalue weighted by Crippen LogP contribution is -2.21. The molecular formula is C10H8O2S. The monoisotopic (exact) mass is 192 g/mol. The molecule has 0 aliphatic carbocycles. The lowest BCUT2D eigenvalue weighted by molar-refractivity contribution is 0.0371. The predicted molar refractivity (Wildman–Crippen MR) is 53.7 cm³/mol. The summed E-state index contributed by atoms with van der Waals surface area (Å²) in [6, 6.07) is 9.47. The minimum Gasteiger partial charge on any atom is -0.457 e. The predicted octanol–water partition coefficient (Wildman–Crippen LogP) is 2.31. The van der Waals surface area contributed by atoms with Gasteiger partial charge in [-0.05, 0) is 18.2 Å². The fourth-order valence-electron chi connectivity index (χ4n) is 1.03. The lowest BCUT2D eigenvalue weighted by atomic mass is 10.3. The van der Waals surface area contributed by atoms with E-state index in [0.29, 0.717) is 4.86 Å². The summed E-state index contributed by atoms with van der Waals surface area (Å²) in [5.41, 5.74) is 0. The van der Waals surface area contributed by atoms with E-state index in [1.807, 2.05) is 30.3 Å². The number of para-hydroxylation sites is 1. The van der Waals surface area contributed by atoms with Crippen LogP contribution in [0.4, 0.5) is 0 Å². The van der Waals surface area contributed by atoms with Gasteiger partial charge in [0, 0.05) is 0 Å². The van der Waals surface area contributed by atoms with E-state index >= 15 is 0 Å². The molecule has 0 fully saturated rings. The summed E-state index contributed by atoms with van der Waals surface area (Å²) in [6.45, 7) is 0. The zero-order chi connectivity index (χ0) is 9.10. The molecule has 1 atom stereocenters. The van der Waals surface area contributed by atoms with E-state index in [2.05, 4.69) is 0 Å². The van der Waals surface area contributed by atoms with Crippen molar-refractivity contribution in [2.45, 2.75) is 6.29 Å². The van der Waals surface area contributed by atoms with Gasteiger partial charge in [0.15, 0.2) is 0 Å². The number of ether oxygens (including phenoxy) is 2. The Balaban J connectivity index is 2.03. The normalized spacial score (nSPS) is 20.0. The second-order valence-corrected chi connectivity index (χ2v) is 3.08. The summed E-state index contributed by atoms with van der Waals surface area (Å²) in [5.74, 6) is 0.763. The molecule has 0 radical (unpaired) electrons. The highest BCUT2D eigenvalue weighted by Gasteiger charge is 2.18. The molecule has 13 heavy (non-hydrogen) atoms. The van der Waals surface area contributed by atoms with Gasteiger partial charge in [-0.3, -0.25) is 0 Å². The largest absolute Gasteiger partial charge is 0.457 e. The van der Waals surface area contributed by atoms with Gasteiger partial charge in [0.2, 0.25) is 0 Å². The van der Waals surface area contributed by atoms with Crippen molar-refractivity contribution in [3.8, 4) is 5.75 Å². The number of hydrogen-bond donors (Lipinski definition) is 0. The molecule has 3 heteroatoms. The summed E-state index contributed by atoms with van der Waals surface area (Å²) in [4.78, 5) is 0.670. The van der Waals surface area contributed by atoms with Crippen LogP contribution in [0.1, 0.15) is 0 Å². The van der Waals surface area contributed by atoms with E-state index in [1.165, 1.54) is 0 Å². The Bertz CT molecular complexity index is 332. The van der Waals surface area contributed by atoms with Gasteiger partial charge < -0.3 is 9.47 Å². The lowest BCUT2D eigenvalue weighted by Gasteiger charge is -2.12. The van der Waals surface area contributed by atoms with Crippen molar-refractivity contribution in [1.82, 2.24) is 0 Å². The third-order valence-corrected chi connectivity index (χ3v) is 1.98. The van der Waals surface area contributed by atoms with Crippen LogP contribution in [0.15, 0.2) is 42.7 Å². The van der Waals surface area contributed by atoms with Crippen LogP contribution < -0.4 is 4.74 Å². The summed E-state index contributed by atoms with van der Waals surface area (Å²) in [5, 5.41) is 0. The standard InChI is InChI=1S/C10H8O2S/c13-9-6-7-11-10(9)12-8-4-2-1-3-5-8/h1-7,10H. The van der Waals surface area contributed by atoms with Crippen molar-refractivity contribution in [1.29, 1.82) is 0 Å². The minimum absolute atomic E-state index is 0.433. The van der Waals surface area contributed by atoms with Gasteiger partial charge in [0.25, 0.3) is 6.29 Å². The Labute approximate surface area is 81.8 Å². The second kappa shape index (κ2) is 3.58. The summed E-state index contributed by atoms with van der Waals surface area (Å²) in [7, 11) is 0. The van der Waals surface area contributed by atoms with E-state index in [9.17, 15) is 0 Å². The quantitative estimate of drug-likeness (QED) is 0.670. The summed E-state index contributed by atoms with van der Waals surface area (Å²) in [6.07, 6.45) is 2.84. The van der Waals surface area contributed by atoms with Crippen LogP contribution in [0.3, 0.4) is 0 Å². The molecule has 1 aromatic carbocycles. The van der Waals surface area contributed by atoms with Gasteiger partial charge in [0.05, 0.1) is 11.1 Å². The van der Waals surface area contributed by atoms with Crippen molar-refractivity contribution < 1.29 is 9.47 Å². The van der Waals surface area contributed by atoms with Crippen LogP contribution in [0.25, 0.3) is 0 Å². The van der Waals surface area contributed by atoms with Crippen molar-refractivity contribution in [3.05, 3.63) is 42.7 Å². The highest BCUT2D eigenvalue weighted by molar-refractivity contribution is 7.80. The van der Waals surface area contributed by atoms with Gasteiger partial charge in [0.1, 0.15) is 5.75 Å². The molecule has 0 spiro atoms. The molecule has 0 saturated heterocycles. The van der Waals surface area contributed by atoms with Gasteiger partial charge in [-0.1, -0.05) is 30.4 Å². The van der Waals surface area contributed by atoms with Crippen molar-refractivity contribution in [2.75, 3.05) is 0 Å². The molecule has 0 aromatic heterocycles. The van der Waals surface area contributed by atoms with Crippen molar-refractivity contribution >= 4 is 17.1 Å². The molecule has 2 rings (SSSR count). The average molecular weight is 192 g/mol. The molecule has 0 bridgehead atoms. The first-order valence-corrected chi connectivity index (χ1v) is 4.34. The fourth-order valence-corrected chi connectivity index (χ4v) is 1.19. The molecule has 2 nitrogen and oxygen atoms in total. The zero-order valence-electron chi connectivity index (χ0n) is 6.84. The summed E-state index contributed by atoms with van der Waals surface area (Å²) < 4.78 is 10.6. The maximum Gasteiger partial charge on any atom is 0.276 e. The van der Waals surface area contributed by atoms with E-state index in [0.717, 1.165) is 5.75 Å². The zero-order valence-corrected chi connectivity index (χ0v) is 7.66. The molecular weight excluding hydrogens is 184 g/mol. The fraction of sp³-hybridized carbons (Fsp3) is 0.100. The van der Waals surface area contributed by atoms with Gasteiger partial charge >= 0.3 is 0 Å². The maximum absolute atomic E-state index is 5.46. The Hall–Kier alpha value is -1.35. The molecule has 0 N–H and O–H groups in total. The topological polar surface area (TPSA) is 18.5 Å². The molecule has 1 heterocycles. The molecule has 1 aromatic rings. The average Bonchev–Trinajstić information content (AvgIpc) is 2.54. The molecule has 66 valence electrons. The number of hydrogen-bond acceptors (Lipinski definition) is 3. The third kappa shape index (κ3) is 1.87. The summed E-state index contributed by atoms with van der Waals surface area (Å²) >= 11 is 5.00. The highest BCUT2D eigenvalue weighted by atomic mass is 32.1. The highest BCUT2D eigenvalue weighted by Crippen LogP contribution is 2.15. The van der Waals surface area contributed by atoms with Crippen molar-refractivity contribution in [3.63, 3.8) is 0 Å². The van der Waals surface area contributed by atoms with Crippen LogP contribution in [0.2, 0.25) is 0 Å². The van der Waals surface area contributed by atoms with E-state index in [4.69, 9.17) is 21.7 Å². The van der Waals surface area contributed by atoms with Crippen molar-refractivity contribution in [2.24, 2.45) is 0 Å². The Kier molecular flexibility index (Phi) is 2.27. The van der Waals surface area contributed by atoms with Crippen LogP contribution in [-0.4, -0.2) is 11.2 Å². The first kappa shape index (κ1) is 8.26. The molecule has 1 unspecified atom stereocenters. The first-order valence-electron chi connectivity index (χ1n) is 3.94. The molecule has 1 aliphatic heterocycles. The van der Waals surface area contributed by atoms with Crippen LogP contribution in [0, 0.1) is 0 Å². The van der Waals surface area contributed by atoms with E-state index in [-0.39, 0.29) is 0 Å². The SMILES string of the molecule is S=C1C=COC1Oc1ccccc1. The van der Waals surface area contributed by atoms with Crippen LogP contribution in [0.5, 0.6) is 5.75 Å². The third-order valence-electron chi connectivity index (χ3n) is 1.65. The molecule has 0 saturated carbocycles. The van der Waals surface area contributed by atoms with Gasteiger partial charge in [-0.25, -0.2) is 0 Å². The Morgan fingerprint density at radius 2 is 2.00 bits per heavy atom. The number of benzene rings is 1. The van der Waals surface area contributed by atoms with Crippen LogP contribution >= 0.6 is 12.2 Å². The van der Waals surface area contributed by atoms with E-state index in [1.54, 1.807) is 12.3 Å². The second-order valence-electron chi connectivity index (χ2n) is 2.60. The van der Waals surface area contributed by atoms with E-state index < -0.39 is 6.29 Å². The molecule has 0 amide bonds. The Morgan fingerprint density at radius 1 is 1.23 bits per heavy atom. The minimum atomic E-state index is -0.433. The van der Waals surface area contributed by atoms with Gasteiger partial charge in [-0.2, -0.15) is 0 Å². The van der Waals surface area contributed by atoms with Crippen LogP contribution in [-0.2, 0) is 4.74 Å².